The van der Waals surface area contributed by atoms with Gasteiger partial charge in [0.15, 0.2) is 5.60 Å². The number of hydrogen-bond acceptors (Lipinski definition) is 3. The van der Waals surface area contributed by atoms with Gasteiger partial charge in [-0.15, -0.1) is 0 Å². The van der Waals surface area contributed by atoms with E-state index in [9.17, 15) is 4.79 Å². The zero-order valence-electron chi connectivity index (χ0n) is 10.4. The molecule has 3 N–H and O–H groups in total. The Kier molecular flexibility index (Phi) is 3.32. The predicted octanol–water partition coefficient (Wildman–Crippen LogP) is 1.69. The molecule has 2 rings (SSSR count). The van der Waals surface area contributed by atoms with Gasteiger partial charge in [-0.05, 0) is 29.3 Å². The van der Waals surface area contributed by atoms with Crippen molar-refractivity contribution in [1.82, 2.24) is 5.43 Å². The summed E-state index contributed by atoms with van der Waals surface area (Å²) in [6.45, 7) is 1.69. The second kappa shape index (κ2) is 4.76. The Balaban J connectivity index is 2.55. The number of methoxy groups -OCH3 is 1. The fourth-order valence-corrected chi connectivity index (χ4v) is 1.97. The summed E-state index contributed by atoms with van der Waals surface area (Å²) in [7, 11) is 1.49. The minimum atomic E-state index is -1.08. The molecule has 0 fully saturated rings. The number of ether oxygens (including phenoxy) is 1. The average molecular weight is 244 g/mol. The standard InChI is InChI=1S/C14H16N2O2/c1-14(18-2,13(17)16-15)12-8-7-10-5-3-4-6-11(10)9-12/h3-9H,15H2,1-2H3,(H,16,17). The molecule has 0 bridgehead atoms. The Morgan fingerprint density at radius 2 is 1.89 bits per heavy atom. The highest BCUT2D eigenvalue weighted by Gasteiger charge is 2.34. The van der Waals surface area contributed by atoms with E-state index < -0.39 is 5.60 Å². The molecule has 0 aromatic heterocycles. The summed E-state index contributed by atoms with van der Waals surface area (Å²) in [5, 5.41) is 2.18. The SMILES string of the molecule is COC(C)(C(=O)NN)c1ccc2ccccc2c1. The zero-order valence-corrected chi connectivity index (χ0v) is 10.4. The number of benzene rings is 2. The highest BCUT2D eigenvalue weighted by atomic mass is 16.5. The summed E-state index contributed by atoms with van der Waals surface area (Å²) < 4.78 is 5.33. The molecule has 0 heterocycles. The molecule has 0 saturated carbocycles. The van der Waals surface area contributed by atoms with E-state index >= 15 is 0 Å². The third-order valence-electron chi connectivity index (χ3n) is 3.27. The van der Waals surface area contributed by atoms with Crippen molar-refractivity contribution in [2.24, 2.45) is 5.84 Å². The maximum atomic E-state index is 11.8. The van der Waals surface area contributed by atoms with Gasteiger partial charge in [0, 0.05) is 7.11 Å². The largest absolute Gasteiger partial charge is 0.364 e. The molecule has 0 radical (unpaired) electrons. The molecule has 0 spiro atoms. The van der Waals surface area contributed by atoms with Gasteiger partial charge in [0.25, 0.3) is 5.91 Å². The molecule has 1 amide bonds. The molecule has 0 saturated heterocycles. The van der Waals surface area contributed by atoms with Crippen LogP contribution in [0.4, 0.5) is 0 Å². The van der Waals surface area contributed by atoms with E-state index in [-0.39, 0.29) is 5.91 Å². The van der Waals surface area contributed by atoms with Crippen LogP contribution in [-0.4, -0.2) is 13.0 Å². The molecule has 0 aliphatic heterocycles. The summed E-state index contributed by atoms with van der Waals surface area (Å²) in [6, 6.07) is 13.7. The van der Waals surface area contributed by atoms with Gasteiger partial charge in [-0.2, -0.15) is 0 Å². The first kappa shape index (κ1) is 12.5. The second-order valence-corrected chi connectivity index (χ2v) is 4.27. The predicted molar refractivity (Wildman–Crippen MR) is 70.6 cm³/mol. The van der Waals surface area contributed by atoms with Crippen LogP contribution in [-0.2, 0) is 15.1 Å². The van der Waals surface area contributed by atoms with Crippen LogP contribution in [0.15, 0.2) is 42.5 Å². The van der Waals surface area contributed by atoms with Gasteiger partial charge in [0.2, 0.25) is 0 Å². The molecule has 18 heavy (non-hydrogen) atoms. The van der Waals surface area contributed by atoms with Crippen molar-refractivity contribution in [2.75, 3.05) is 7.11 Å². The molecule has 0 aliphatic rings. The fraction of sp³-hybridized carbons (Fsp3) is 0.214. The highest BCUT2D eigenvalue weighted by molar-refractivity contribution is 5.89. The van der Waals surface area contributed by atoms with Crippen LogP contribution in [0.3, 0.4) is 0 Å². The Hall–Kier alpha value is -1.91. The van der Waals surface area contributed by atoms with E-state index in [4.69, 9.17) is 10.6 Å². The van der Waals surface area contributed by atoms with E-state index in [0.29, 0.717) is 0 Å². The van der Waals surface area contributed by atoms with Gasteiger partial charge >= 0.3 is 0 Å². The van der Waals surface area contributed by atoms with Gasteiger partial charge in [-0.25, -0.2) is 5.84 Å². The maximum absolute atomic E-state index is 11.8. The lowest BCUT2D eigenvalue weighted by Gasteiger charge is -2.26. The average Bonchev–Trinajstić information content (AvgIpc) is 2.44. The van der Waals surface area contributed by atoms with Crippen LogP contribution < -0.4 is 11.3 Å². The minimum Gasteiger partial charge on any atom is -0.364 e. The Morgan fingerprint density at radius 1 is 1.22 bits per heavy atom. The first-order valence-electron chi connectivity index (χ1n) is 5.67. The number of hydrogen-bond donors (Lipinski definition) is 2. The Bertz CT molecular complexity index is 583. The van der Waals surface area contributed by atoms with Crippen molar-refractivity contribution in [3.63, 3.8) is 0 Å². The lowest BCUT2D eigenvalue weighted by Crippen LogP contribution is -2.46. The maximum Gasteiger partial charge on any atom is 0.270 e. The molecule has 0 aliphatic carbocycles. The molecule has 1 unspecified atom stereocenters. The fourth-order valence-electron chi connectivity index (χ4n) is 1.97. The van der Waals surface area contributed by atoms with Gasteiger partial charge in [-0.1, -0.05) is 36.4 Å². The van der Waals surface area contributed by atoms with Crippen molar-refractivity contribution >= 4 is 16.7 Å². The van der Waals surface area contributed by atoms with Crippen molar-refractivity contribution in [3.8, 4) is 0 Å². The molecule has 4 heteroatoms. The van der Waals surface area contributed by atoms with E-state index in [1.54, 1.807) is 6.92 Å². The van der Waals surface area contributed by atoms with Crippen LogP contribution in [0.1, 0.15) is 12.5 Å². The number of carbonyl (C=O) groups is 1. The first-order valence-corrected chi connectivity index (χ1v) is 5.67. The number of rotatable bonds is 3. The molecule has 2 aromatic carbocycles. The lowest BCUT2D eigenvalue weighted by atomic mass is 9.92. The third-order valence-corrected chi connectivity index (χ3v) is 3.27. The monoisotopic (exact) mass is 244 g/mol. The topological polar surface area (TPSA) is 64.3 Å². The summed E-state index contributed by atoms with van der Waals surface area (Å²) in [5.74, 6) is 4.83. The van der Waals surface area contributed by atoms with E-state index in [1.807, 2.05) is 42.5 Å². The number of nitrogens with one attached hydrogen (secondary N) is 1. The summed E-state index contributed by atoms with van der Waals surface area (Å²) in [4.78, 5) is 11.8. The molecular formula is C14H16N2O2. The number of fused-ring (bicyclic) bond motifs is 1. The highest BCUT2D eigenvalue weighted by Crippen LogP contribution is 2.27. The molecular weight excluding hydrogens is 228 g/mol. The summed E-state index contributed by atoms with van der Waals surface area (Å²) >= 11 is 0. The van der Waals surface area contributed by atoms with E-state index in [0.717, 1.165) is 16.3 Å². The number of hydrazine groups is 1. The normalized spacial score (nSPS) is 14.2. The van der Waals surface area contributed by atoms with Crippen molar-refractivity contribution in [3.05, 3.63) is 48.0 Å². The number of nitrogens with two attached hydrogens (primary N) is 1. The van der Waals surface area contributed by atoms with Crippen molar-refractivity contribution in [1.29, 1.82) is 0 Å². The zero-order chi connectivity index (χ0) is 13.2. The summed E-state index contributed by atoms with van der Waals surface area (Å²) in [5.41, 5.74) is 1.82. The molecule has 1 atom stereocenters. The molecule has 4 nitrogen and oxygen atoms in total. The van der Waals surface area contributed by atoms with Crippen LogP contribution in [0.2, 0.25) is 0 Å². The first-order chi connectivity index (χ1) is 8.61. The van der Waals surface area contributed by atoms with Gasteiger partial charge < -0.3 is 4.74 Å². The minimum absolute atomic E-state index is 0.375. The second-order valence-electron chi connectivity index (χ2n) is 4.27. The van der Waals surface area contributed by atoms with Crippen LogP contribution in [0, 0.1) is 0 Å². The number of carbonyl (C=O) groups excluding carboxylic acids is 1. The lowest BCUT2D eigenvalue weighted by molar-refractivity contribution is -0.142. The van der Waals surface area contributed by atoms with Crippen LogP contribution >= 0.6 is 0 Å². The smallest absolute Gasteiger partial charge is 0.270 e. The van der Waals surface area contributed by atoms with Gasteiger partial charge in [-0.3, -0.25) is 10.2 Å². The summed E-state index contributed by atoms with van der Waals surface area (Å²) in [6.07, 6.45) is 0. The molecule has 94 valence electrons. The van der Waals surface area contributed by atoms with Crippen LogP contribution in [0.25, 0.3) is 10.8 Å². The van der Waals surface area contributed by atoms with Crippen molar-refractivity contribution < 1.29 is 9.53 Å². The third kappa shape index (κ3) is 1.96. The quantitative estimate of drug-likeness (QED) is 0.490. The van der Waals surface area contributed by atoms with Crippen molar-refractivity contribution in [2.45, 2.75) is 12.5 Å². The van der Waals surface area contributed by atoms with Gasteiger partial charge in [0.1, 0.15) is 0 Å². The number of amides is 1. The van der Waals surface area contributed by atoms with E-state index in [2.05, 4.69) is 5.43 Å². The Labute approximate surface area is 106 Å². The molecule has 2 aromatic rings. The van der Waals surface area contributed by atoms with E-state index in [1.165, 1.54) is 7.11 Å². The Morgan fingerprint density at radius 3 is 2.50 bits per heavy atom. The van der Waals surface area contributed by atoms with Crippen LogP contribution in [0.5, 0.6) is 0 Å². The van der Waals surface area contributed by atoms with Gasteiger partial charge in [0.05, 0.1) is 0 Å².